The highest BCUT2D eigenvalue weighted by Gasteiger charge is 2.22. The number of likely N-dealkylation sites (N-methyl/N-ethyl adjacent to an activating group) is 2. The van der Waals surface area contributed by atoms with Gasteiger partial charge in [0.1, 0.15) is 0 Å². The molecular formula is C19H31N3O2. The van der Waals surface area contributed by atoms with E-state index in [1.807, 2.05) is 31.2 Å². The summed E-state index contributed by atoms with van der Waals surface area (Å²) < 4.78 is 0. The lowest BCUT2D eigenvalue weighted by Crippen LogP contribution is -2.43. The molecule has 134 valence electrons. The van der Waals surface area contributed by atoms with Crippen LogP contribution in [0.5, 0.6) is 0 Å². The molecule has 1 heterocycles. The molecule has 0 atom stereocenters. The molecule has 0 bridgehead atoms. The highest BCUT2D eigenvalue weighted by molar-refractivity contribution is 5.94. The minimum absolute atomic E-state index is 0.0224. The highest BCUT2D eigenvalue weighted by Crippen LogP contribution is 2.13. The molecule has 0 radical (unpaired) electrons. The second kappa shape index (κ2) is 8.10. The number of amides is 1. The van der Waals surface area contributed by atoms with Crippen LogP contribution in [0.25, 0.3) is 0 Å². The molecule has 0 spiro atoms. The molecule has 1 fully saturated rings. The van der Waals surface area contributed by atoms with E-state index in [2.05, 4.69) is 16.8 Å². The number of piperazine rings is 1. The average molecular weight is 333 g/mol. The summed E-state index contributed by atoms with van der Waals surface area (Å²) in [5.41, 5.74) is 1.04. The quantitative estimate of drug-likeness (QED) is 0.860. The van der Waals surface area contributed by atoms with Gasteiger partial charge in [0.05, 0.1) is 5.60 Å². The van der Waals surface area contributed by atoms with E-state index >= 15 is 0 Å². The molecule has 0 aliphatic carbocycles. The number of benzene rings is 1. The minimum Gasteiger partial charge on any atom is -0.389 e. The number of hydrogen-bond donors (Lipinski definition) is 1. The number of carbonyl (C=O) groups is 1. The predicted molar refractivity (Wildman–Crippen MR) is 97.1 cm³/mol. The third-order valence-electron chi connectivity index (χ3n) is 4.45. The van der Waals surface area contributed by atoms with E-state index in [4.69, 9.17) is 0 Å². The van der Waals surface area contributed by atoms with Gasteiger partial charge in [-0.05, 0) is 45.5 Å². The largest absolute Gasteiger partial charge is 0.389 e. The van der Waals surface area contributed by atoms with Crippen LogP contribution in [0.4, 0.5) is 0 Å². The van der Waals surface area contributed by atoms with Crippen molar-refractivity contribution in [2.45, 2.75) is 32.9 Å². The Kier molecular flexibility index (Phi) is 6.38. The smallest absolute Gasteiger partial charge is 0.253 e. The van der Waals surface area contributed by atoms with Crippen LogP contribution in [-0.2, 0) is 6.54 Å². The van der Waals surface area contributed by atoms with E-state index in [9.17, 15) is 9.90 Å². The Morgan fingerprint density at radius 1 is 1.17 bits per heavy atom. The summed E-state index contributed by atoms with van der Waals surface area (Å²) >= 11 is 0. The van der Waals surface area contributed by atoms with Gasteiger partial charge in [-0.2, -0.15) is 0 Å². The molecule has 1 N–H and O–H groups in total. The standard InChI is InChI=1S/C19H31N3O2/c1-5-22(15-19(2,3)24)18(23)17-8-6-16(7-9-17)14-21-12-10-20(4)11-13-21/h6-9,24H,5,10-15H2,1-4H3. The van der Waals surface area contributed by atoms with Crippen LogP contribution in [0.1, 0.15) is 36.7 Å². The molecule has 5 nitrogen and oxygen atoms in total. The second-order valence-electron chi connectivity index (χ2n) is 7.41. The van der Waals surface area contributed by atoms with Gasteiger partial charge in [-0.15, -0.1) is 0 Å². The van der Waals surface area contributed by atoms with Crippen molar-refractivity contribution in [3.8, 4) is 0 Å². The molecular weight excluding hydrogens is 302 g/mol. The van der Waals surface area contributed by atoms with Crippen molar-refractivity contribution < 1.29 is 9.90 Å². The van der Waals surface area contributed by atoms with E-state index in [0.717, 1.165) is 32.7 Å². The SMILES string of the molecule is CCN(CC(C)(C)O)C(=O)c1ccc(CN2CCN(C)CC2)cc1. The molecule has 0 aromatic heterocycles. The molecule has 1 amide bonds. The Hall–Kier alpha value is -1.43. The number of aliphatic hydroxyl groups is 1. The Labute approximate surface area is 145 Å². The number of carbonyl (C=O) groups excluding carboxylic acids is 1. The summed E-state index contributed by atoms with van der Waals surface area (Å²) in [7, 11) is 2.16. The van der Waals surface area contributed by atoms with E-state index in [-0.39, 0.29) is 5.91 Å². The summed E-state index contributed by atoms with van der Waals surface area (Å²) in [5.74, 6) is -0.0224. The van der Waals surface area contributed by atoms with Gasteiger partial charge in [-0.3, -0.25) is 9.69 Å². The minimum atomic E-state index is -0.882. The molecule has 1 aromatic carbocycles. The van der Waals surface area contributed by atoms with Crippen molar-refractivity contribution in [1.29, 1.82) is 0 Å². The summed E-state index contributed by atoms with van der Waals surface area (Å²) in [4.78, 5) is 19.1. The molecule has 1 aliphatic heterocycles. The molecule has 0 unspecified atom stereocenters. The first kappa shape index (κ1) is 18.9. The average Bonchev–Trinajstić information content (AvgIpc) is 2.54. The van der Waals surface area contributed by atoms with Gasteiger partial charge in [-0.1, -0.05) is 12.1 Å². The van der Waals surface area contributed by atoms with Crippen LogP contribution in [0, 0.1) is 0 Å². The van der Waals surface area contributed by atoms with Gasteiger partial charge in [-0.25, -0.2) is 0 Å². The van der Waals surface area contributed by atoms with Crippen LogP contribution < -0.4 is 0 Å². The van der Waals surface area contributed by atoms with Gasteiger partial charge in [0.2, 0.25) is 0 Å². The Bertz CT molecular complexity index is 529. The van der Waals surface area contributed by atoms with Gasteiger partial charge in [0.15, 0.2) is 0 Å². The van der Waals surface area contributed by atoms with Crippen molar-refractivity contribution in [3.63, 3.8) is 0 Å². The first-order valence-corrected chi connectivity index (χ1v) is 8.80. The molecule has 1 aromatic rings. The molecule has 24 heavy (non-hydrogen) atoms. The second-order valence-corrected chi connectivity index (χ2v) is 7.41. The van der Waals surface area contributed by atoms with Crippen LogP contribution in [0.2, 0.25) is 0 Å². The predicted octanol–water partition coefficient (Wildman–Crippen LogP) is 1.67. The normalized spacial score (nSPS) is 17.0. The van der Waals surface area contributed by atoms with E-state index < -0.39 is 5.60 Å². The Balaban J connectivity index is 1.96. The van der Waals surface area contributed by atoms with E-state index in [1.165, 1.54) is 5.56 Å². The number of hydrogen-bond acceptors (Lipinski definition) is 4. The van der Waals surface area contributed by atoms with Gasteiger partial charge >= 0.3 is 0 Å². The van der Waals surface area contributed by atoms with Crippen LogP contribution in [-0.4, -0.2) is 77.6 Å². The zero-order valence-electron chi connectivity index (χ0n) is 15.5. The van der Waals surface area contributed by atoms with Crippen molar-refractivity contribution in [3.05, 3.63) is 35.4 Å². The fraction of sp³-hybridized carbons (Fsp3) is 0.632. The zero-order chi connectivity index (χ0) is 17.7. The summed E-state index contributed by atoms with van der Waals surface area (Å²) in [6.45, 7) is 11.6. The monoisotopic (exact) mass is 333 g/mol. The van der Waals surface area contributed by atoms with Gasteiger partial charge in [0.25, 0.3) is 5.91 Å². The first-order valence-electron chi connectivity index (χ1n) is 8.80. The van der Waals surface area contributed by atoms with E-state index in [0.29, 0.717) is 18.7 Å². The summed E-state index contributed by atoms with van der Waals surface area (Å²) in [6.07, 6.45) is 0. The summed E-state index contributed by atoms with van der Waals surface area (Å²) in [5, 5.41) is 9.96. The van der Waals surface area contributed by atoms with Crippen molar-refractivity contribution in [1.82, 2.24) is 14.7 Å². The lowest BCUT2D eigenvalue weighted by Gasteiger charge is -2.32. The molecule has 5 heteroatoms. The third-order valence-corrected chi connectivity index (χ3v) is 4.45. The van der Waals surface area contributed by atoms with Crippen molar-refractivity contribution in [2.24, 2.45) is 0 Å². The maximum atomic E-state index is 12.6. The van der Waals surface area contributed by atoms with Crippen molar-refractivity contribution in [2.75, 3.05) is 46.3 Å². The molecule has 1 aliphatic rings. The Morgan fingerprint density at radius 2 is 1.75 bits per heavy atom. The fourth-order valence-electron chi connectivity index (χ4n) is 2.99. The highest BCUT2D eigenvalue weighted by atomic mass is 16.3. The Morgan fingerprint density at radius 3 is 2.25 bits per heavy atom. The number of rotatable bonds is 6. The third kappa shape index (κ3) is 5.58. The lowest BCUT2D eigenvalue weighted by atomic mass is 10.1. The zero-order valence-corrected chi connectivity index (χ0v) is 15.5. The topological polar surface area (TPSA) is 47.0 Å². The first-order chi connectivity index (χ1) is 11.3. The number of nitrogens with zero attached hydrogens (tertiary/aromatic N) is 3. The lowest BCUT2D eigenvalue weighted by molar-refractivity contribution is 0.0314. The van der Waals surface area contributed by atoms with Gasteiger partial charge < -0.3 is 14.9 Å². The van der Waals surface area contributed by atoms with Crippen LogP contribution >= 0.6 is 0 Å². The maximum Gasteiger partial charge on any atom is 0.253 e. The molecule has 0 saturated carbocycles. The van der Waals surface area contributed by atoms with Crippen LogP contribution in [0.3, 0.4) is 0 Å². The summed E-state index contributed by atoms with van der Waals surface area (Å²) in [6, 6.07) is 7.90. The van der Waals surface area contributed by atoms with E-state index in [1.54, 1.807) is 18.7 Å². The fourth-order valence-corrected chi connectivity index (χ4v) is 2.99. The molecule has 1 saturated heterocycles. The van der Waals surface area contributed by atoms with Gasteiger partial charge in [0, 0.05) is 51.4 Å². The maximum absolute atomic E-state index is 12.6. The molecule has 2 rings (SSSR count). The van der Waals surface area contributed by atoms with Crippen LogP contribution in [0.15, 0.2) is 24.3 Å². The van der Waals surface area contributed by atoms with Crippen molar-refractivity contribution >= 4 is 5.91 Å².